The van der Waals surface area contributed by atoms with E-state index in [2.05, 4.69) is 0 Å². The van der Waals surface area contributed by atoms with Gasteiger partial charge in [0, 0.05) is 12.2 Å². The first-order valence-electron chi connectivity index (χ1n) is 5.82. The van der Waals surface area contributed by atoms with Crippen LogP contribution < -0.4 is 11.5 Å². The van der Waals surface area contributed by atoms with Crippen molar-refractivity contribution in [2.45, 2.75) is 0 Å². The summed E-state index contributed by atoms with van der Waals surface area (Å²) in [5, 5.41) is 18.0. The van der Waals surface area contributed by atoms with Gasteiger partial charge in [-0.05, 0) is 11.1 Å². The Labute approximate surface area is 124 Å². The molecule has 6 N–H and O–H groups in total. The summed E-state index contributed by atoms with van der Waals surface area (Å²) in [6.07, 6.45) is 1.49. The number of benzene rings is 1. The molecule has 1 aromatic carbocycles. The lowest BCUT2D eigenvalue weighted by Crippen LogP contribution is -2.11. The van der Waals surface area contributed by atoms with E-state index in [4.69, 9.17) is 21.7 Å². The van der Waals surface area contributed by atoms with Crippen LogP contribution in [0.1, 0.15) is 11.1 Å². The molecule has 114 valence electrons. The van der Waals surface area contributed by atoms with E-state index in [0.29, 0.717) is 0 Å². The van der Waals surface area contributed by atoms with Crippen LogP contribution in [0.15, 0.2) is 36.4 Å². The van der Waals surface area contributed by atoms with Crippen molar-refractivity contribution in [2.75, 3.05) is 0 Å². The minimum atomic E-state index is -1.36. The molecule has 1 aromatic rings. The van der Waals surface area contributed by atoms with Gasteiger partial charge < -0.3 is 21.7 Å². The van der Waals surface area contributed by atoms with E-state index >= 15 is 0 Å². The van der Waals surface area contributed by atoms with Crippen molar-refractivity contribution in [3.05, 3.63) is 47.5 Å². The second kappa shape index (κ2) is 6.84. The smallest absolute Gasteiger partial charge is 0.336 e. The molecule has 0 spiro atoms. The normalized spacial score (nSPS) is 11.8. The molecular weight excluding hydrogens is 292 g/mol. The van der Waals surface area contributed by atoms with E-state index in [1.807, 2.05) is 0 Å². The van der Waals surface area contributed by atoms with Crippen molar-refractivity contribution in [3.8, 4) is 0 Å². The SMILES string of the molecule is NC(=O)/C=C(\C(=O)O)c1ccc(/C(=C/C(N)=O)C(=O)O)cc1. The maximum absolute atomic E-state index is 11.1. The van der Waals surface area contributed by atoms with E-state index in [1.54, 1.807) is 0 Å². The Balaban J connectivity index is 3.29. The number of rotatable bonds is 6. The van der Waals surface area contributed by atoms with E-state index in [-0.39, 0.29) is 22.3 Å². The molecule has 0 heterocycles. The number of aliphatic carboxylic acids is 2. The third kappa shape index (κ3) is 4.30. The van der Waals surface area contributed by atoms with Crippen LogP contribution in [-0.2, 0) is 19.2 Å². The van der Waals surface area contributed by atoms with Crippen LogP contribution in [0.5, 0.6) is 0 Å². The van der Waals surface area contributed by atoms with E-state index in [1.165, 1.54) is 24.3 Å². The highest BCUT2D eigenvalue weighted by molar-refractivity contribution is 6.21. The van der Waals surface area contributed by atoms with Crippen LogP contribution in [0.25, 0.3) is 11.1 Å². The standard InChI is InChI=1S/C14H12N2O6/c15-11(17)5-9(13(19)20)7-1-2-8(4-3-7)10(14(21)22)6-12(16)18/h1-6H,(H2,15,17)(H2,16,18)(H,19,20)(H,21,22)/b9-5-,10-6-. The second-order valence-corrected chi connectivity index (χ2v) is 4.11. The highest BCUT2D eigenvalue weighted by atomic mass is 16.4. The molecule has 0 fully saturated rings. The molecule has 0 radical (unpaired) electrons. The third-order valence-electron chi connectivity index (χ3n) is 2.54. The highest BCUT2D eigenvalue weighted by Gasteiger charge is 2.15. The average Bonchev–Trinajstić information content (AvgIpc) is 2.41. The summed E-state index contributed by atoms with van der Waals surface area (Å²) in [4.78, 5) is 43.8. The number of hydrogen-bond acceptors (Lipinski definition) is 4. The lowest BCUT2D eigenvalue weighted by atomic mass is 9.99. The Morgan fingerprint density at radius 1 is 0.727 bits per heavy atom. The summed E-state index contributed by atoms with van der Waals surface area (Å²) in [7, 11) is 0. The van der Waals surface area contributed by atoms with Crippen LogP contribution in [0.4, 0.5) is 0 Å². The first-order valence-corrected chi connectivity index (χ1v) is 5.82. The van der Waals surface area contributed by atoms with Crippen LogP contribution in [0.2, 0.25) is 0 Å². The maximum atomic E-state index is 11.1. The number of nitrogens with two attached hydrogens (primary N) is 2. The Kier molecular flexibility index (Phi) is 5.17. The van der Waals surface area contributed by atoms with Gasteiger partial charge in [-0.2, -0.15) is 0 Å². The van der Waals surface area contributed by atoms with Gasteiger partial charge in [0.1, 0.15) is 0 Å². The Morgan fingerprint density at radius 2 is 1.00 bits per heavy atom. The van der Waals surface area contributed by atoms with Crippen LogP contribution >= 0.6 is 0 Å². The second-order valence-electron chi connectivity index (χ2n) is 4.11. The van der Waals surface area contributed by atoms with Gasteiger partial charge in [-0.15, -0.1) is 0 Å². The predicted octanol–water partition coefficient (Wildman–Crippen LogP) is -0.407. The first kappa shape index (κ1) is 16.6. The first-order chi connectivity index (χ1) is 10.2. The number of hydrogen-bond donors (Lipinski definition) is 4. The highest BCUT2D eigenvalue weighted by Crippen LogP contribution is 2.20. The molecule has 0 aliphatic heterocycles. The minimum Gasteiger partial charge on any atom is -0.478 e. The van der Waals surface area contributed by atoms with Crippen LogP contribution in [0.3, 0.4) is 0 Å². The number of amides is 2. The Morgan fingerprint density at radius 3 is 1.18 bits per heavy atom. The van der Waals surface area contributed by atoms with Gasteiger partial charge in [-0.25, -0.2) is 9.59 Å². The van der Waals surface area contributed by atoms with Gasteiger partial charge in [0.2, 0.25) is 11.8 Å². The van der Waals surface area contributed by atoms with Gasteiger partial charge in [0.15, 0.2) is 0 Å². The molecule has 0 atom stereocenters. The molecule has 0 saturated heterocycles. The fourth-order valence-corrected chi connectivity index (χ4v) is 1.65. The number of primary amides is 2. The third-order valence-corrected chi connectivity index (χ3v) is 2.54. The van der Waals surface area contributed by atoms with Gasteiger partial charge in [-0.1, -0.05) is 24.3 Å². The quantitative estimate of drug-likeness (QED) is 0.522. The molecule has 0 bridgehead atoms. The fourth-order valence-electron chi connectivity index (χ4n) is 1.65. The minimum absolute atomic E-state index is 0.152. The largest absolute Gasteiger partial charge is 0.478 e. The molecule has 0 aliphatic rings. The molecule has 2 amide bonds. The fraction of sp³-hybridized carbons (Fsp3) is 0. The summed E-state index contributed by atoms with van der Waals surface area (Å²) < 4.78 is 0. The number of carbonyl (C=O) groups excluding carboxylic acids is 2. The average molecular weight is 304 g/mol. The predicted molar refractivity (Wildman–Crippen MR) is 76.1 cm³/mol. The lowest BCUT2D eigenvalue weighted by molar-refractivity contribution is -0.131. The van der Waals surface area contributed by atoms with Crippen molar-refractivity contribution in [1.29, 1.82) is 0 Å². The van der Waals surface area contributed by atoms with Gasteiger partial charge in [-0.3, -0.25) is 9.59 Å². The topological polar surface area (TPSA) is 161 Å². The molecular formula is C14H12N2O6. The van der Waals surface area contributed by atoms with Crippen LogP contribution in [-0.4, -0.2) is 34.0 Å². The molecule has 22 heavy (non-hydrogen) atoms. The summed E-state index contributed by atoms with van der Waals surface area (Å²) in [6.45, 7) is 0. The van der Waals surface area contributed by atoms with Crippen molar-refractivity contribution < 1.29 is 29.4 Å². The monoisotopic (exact) mass is 304 g/mol. The molecule has 8 heteroatoms. The van der Waals surface area contributed by atoms with Crippen molar-refractivity contribution >= 4 is 34.9 Å². The van der Waals surface area contributed by atoms with Crippen molar-refractivity contribution in [3.63, 3.8) is 0 Å². The van der Waals surface area contributed by atoms with Gasteiger partial charge in [0.05, 0.1) is 11.1 Å². The number of carbonyl (C=O) groups is 4. The zero-order valence-corrected chi connectivity index (χ0v) is 11.1. The Hall–Kier alpha value is -3.42. The van der Waals surface area contributed by atoms with E-state index in [0.717, 1.165) is 12.2 Å². The molecule has 0 unspecified atom stereocenters. The molecule has 0 aromatic heterocycles. The van der Waals surface area contributed by atoms with E-state index in [9.17, 15) is 19.2 Å². The number of carboxylic acid groups (broad SMARTS) is 2. The zero-order valence-electron chi connectivity index (χ0n) is 11.1. The number of carboxylic acids is 2. The summed E-state index contributed by atoms with van der Waals surface area (Å²) in [5.74, 6) is -4.59. The van der Waals surface area contributed by atoms with E-state index < -0.39 is 23.8 Å². The molecule has 0 saturated carbocycles. The zero-order chi connectivity index (χ0) is 16.9. The van der Waals surface area contributed by atoms with Crippen molar-refractivity contribution in [2.24, 2.45) is 11.5 Å². The summed E-state index contributed by atoms with van der Waals surface area (Å²) in [5.41, 5.74) is 9.48. The molecule has 0 aliphatic carbocycles. The Bertz CT molecular complexity index is 640. The molecule has 1 rings (SSSR count). The van der Waals surface area contributed by atoms with Gasteiger partial charge >= 0.3 is 11.9 Å². The maximum Gasteiger partial charge on any atom is 0.336 e. The van der Waals surface area contributed by atoms with Crippen molar-refractivity contribution in [1.82, 2.24) is 0 Å². The lowest BCUT2D eigenvalue weighted by Gasteiger charge is -2.05. The summed E-state index contributed by atoms with van der Waals surface area (Å²) >= 11 is 0. The summed E-state index contributed by atoms with van der Waals surface area (Å²) in [6, 6.07) is 5.15. The van der Waals surface area contributed by atoms with Gasteiger partial charge in [0.25, 0.3) is 0 Å². The van der Waals surface area contributed by atoms with Crippen LogP contribution in [0, 0.1) is 0 Å². The molecule has 8 nitrogen and oxygen atoms in total.